The number of carbonyl (C=O) groups is 3. The van der Waals surface area contributed by atoms with Crippen LogP contribution in [0.2, 0.25) is 0 Å². The molecule has 0 rings (SSSR count). The van der Waals surface area contributed by atoms with Crippen LogP contribution in [0.1, 0.15) is 40.5 Å². The van der Waals surface area contributed by atoms with Gasteiger partial charge in [-0.05, 0) is 5.92 Å². The van der Waals surface area contributed by atoms with Gasteiger partial charge in [0.25, 0.3) is 0 Å². The van der Waals surface area contributed by atoms with E-state index in [-0.39, 0.29) is 5.92 Å². The third-order valence-corrected chi connectivity index (χ3v) is 1.20. The quantitative estimate of drug-likeness (QED) is 0.600. The lowest BCUT2D eigenvalue weighted by atomic mass is 10.2. The molecular weight excluding hydrogens is 288 g/mol. The summed E-state index contributed by atoms with van der Waals surface area (Å²) in [6.07, 6.45) is 2.03. The number of nitrogens with zero attached hydrogens (tertiary/aromatic N) is 2. The molecule has 0 aromatic heterocycles. The summed E-state index contributed by atoms with van der Waals surface area (Å²) in [7, 11) is 0. The summed E-state index contributed by atoms with van der Waals surface area (Å²) in [5.74, 6) is -1.29. The minimum Gasteiger partial charge on any atom is -0.480 e. The summed E-state index contributed by atoms with van der Waals surface area (Å²) < 4.78 is 0. The van der Waals surface area contributed by atoms with Crippen LogP contribution >= 0.6 is 0 Å². The Morgan fingerprint density at radius 1 is 1.00 bits per heavy atom. The standard InChI is InChI=1S/C5H10.C4H8O.2C3H3NO2/c1-4-5(2)3;1-4(2)3-5;2*4-2-1-3(5)6/h4-5H,1H2,2-3H3;3-4H,1-2H3;2*1H2,(H,5,6). The molecule has 0 spiro atoms. The van der Waals surface area contributed by atoms with Crippen LogP contribution in [-0.2, 0) is 14.4 Å². The van der Waals surface area contributed by atoms with E-state index in [1.165, 1.54) is 12.1 Å². The summed E-state index contributed by atoms with van der Waals surface area (Å²) in [6, 6.07) is 2.94. The van der Waals surface area contributed by atoms with Gasteiger partial charge in [-0.1, -0.05) is 33.8 Å². The number of allylic oxidation sites excluding steroid dienone is 1. The van der Waals surface area contributed by atoms with E-state index in [4.69, 9.17) is 20.7 Å². The van der Waals surface area contributed by atoms with Crippen molar-refractivity contribution in [3.05, 3.63) is 12.7 Å². The van der Waals surface area contributed by atoms with Gasteiger partial charge in [0.1, 0.15) is 19.1 Å². The molecule has 0 saturated carbocycles. The lowest BCUT2D eigenvalue weighted by Crippen LogP contribution is -1.88. The smallest absolute Gasteiger partial charge is 0.317 e. The zero-order valence-corrected chi connectivity index (χ0v) is 13.4. The molecule has 2 N–H and O–H groups in total. The number of carboxylic acid groups (broad SMARTS) is 2. The van der Waals surface area contributed by atoms with E-state index in [1.807, 2.05) is 19.9 Å². The molecule has 0 atom stereocenters. The zero-order valence-electron chi connectivity index (χ0n) is 13.4. The number of rotatable bonds is 4. The maximum Gasteiger partial charge on any atom is 0.317 e. The molecular formula is C15H24N2O5. The minimum atomic E-state index is -1.07. The largest absolute Gasteiger partial charge is 0.480 e. The first kappa shape index (κ1) is 27.6. The molecule has 0 aliphatic heterocycles. The van der Waals surface area contributed by atoms with Crippen LogP contribution in [0, 0.1) is 34.5 Å². The van der Waals surface area contributed by atoms with Gasteiger partial charge in [0, 0.05) is 5.92 Å². The fourth-order valence-corrected chi connectivity index (χ4v) is 0.135. The second-order valence-electron chi connectivity index (χ2n) is 4.32. The molecule has 7 heteroatoms. The van der Waals surface area contributed by atoms with Crippen LogP contribution in [0.4, 0.5) is 0 Å². The Labute approximate surface area is 131 Å². The molecule has 0 aromatic carbocycles. The Bertz CT molecular complexity index is 352. The van der Waals surface area contributed by atoms with Crippen LogP contribution in [-0.4, -0.2) is 28.4 Å². The fourth-order valence-electron chi connectivity index (χ4n) is 0.135. The second-order valence-corrected chi connectivity index (χ2v) is 4.32. The number of aldehydes is 1. The minimum absolute atomic E-state index is 0.204. The topological polar surface area (TPSA) is 139 Å². The number of hydrogen-bond donors (Lipinski definition) is 2. The van der Waals surface area contributed by atoms with Crippen molar-refractivity contribution < 1.29 is 24.6 Å². The highest BCUT2D eigenvalue weighted by Crippen LogP contribution is 1.87. The number of carboxylic acids is 2. The van der Waals surface area contributed by atoms with E-state index in [0.717, 1.165) is 6.29 Å². The highest BCUT2D eigenvalue weighted by atomic mass is 16.4. The van der Waals surface area contributed by atoms with Crippen molar-refractivity contribution in [3.63, 3.8) is 0 Å². The average Bonchev–Trinajstić information content (AvgIpc) is 2.40. The predicted molar refractivity (Wildman–Crippen MR) is 81.7 cm³/mol. The molecule has 0 amide bonds. The molecule has 124 valence electrons. The molecule has 0 unspecified atom stereocenters. The zero-order chi connectivity index (χ0) is 18.6. The number of nitriles is 2. The Kier molecular flexibility index (Phi) is 29.4. The molecule has 0 aliphatic rings. The summed E-state index contributed by atoms with van der Waals surface area (Å²) >= 11 is 0. The van der Waals surface area contributed by atoms with Crippen LogP contribution < -0.4 is 0 Å². The van der Waals surface area contributed by atoms with E-state index in [9.17, 15) is 14.4 Å². The van der Waals surface area contributed by atoms with E-state index in [0.29, 0.717) is 5.92 Å². The highest BCUT2D eigenvalue weighted by Gasteiger charge is 1.88. The van der Waals surface area contributed by atoms with E-state index in [2.05, 4.69) is 20.4 Å². The number of carbonyl (C=O) groups excluding carboxylic acids is 1. The van der Waals surface area contributed by atoms with E-state index in [1.54, 1.807) is 0 Å². The predicted octanol–water partition coefficient (Wildman–Crippen LogP) is 2.64. The molecule has 0 heterocycles. The van der Waals surface area contributed by atoms with Crippen LogP contribution in [0.15, 0.2) is 12.7 Å². The Morgan fingerprint density at radius 3 is 1.23 bits per heavy atom. The molecule has 0 bridgehead atoms. The van der Waals surface area contributed by atoms with Gasteiger partial charge < -0.3 is 15.0 Å². The first-order valence-electron chi connectivity index (χ1n) is 6.34. The van der Waals surface area contributed by atoms with Crippen molar-refractivity contribution >= 4 is 18.2 Å². The summed E-state index contributed by atoms with van der Waals surface area (Å²) in [6.45, 7) is 11.5. The van der Waals surface area contributed by atoms with Gasteiger partial charge in [-0.25, -0.2) is 0 Å². The van der Waals surface area contributed by atoms with Crippen molar-refractivity contribution in [1.82, 2.24) is 0 Å². The van der Waals surface area contributed by atoms with Crippen LogP contribution in [0.3, 0.4) is 0 Å². The van der Waals surface area contributed by atoms with Gasteiger partial charge in [0.2, 0.25) is 0 Å². The Morgan fingerprint density at radius 2 is 1.23 bits per heavy atom. The van der Waals surface area contributed by atoms with Crippen molar-refractivity contribution in [3.8, 4) is 12.1 Å². The van der Waals surface area contributed by atoms with Crippen molar-refractivity contribution in [2.45, 2.75) is 40.5 Å². The third-order valence-electron chi connectivity index (χ3n) is 1.20. The van der Waals surface area contributed by atoms with Gasteiger partial charge in [-0.2, -0.15) is 10.5 Å². The lowest BCUT2D eigenvalue weighted by molar-refractivity contribution is -0.136. The molecule has 22 heavy (non-hydrogen) atoms. The molecule has 0 radical (unpaired) electrons. The monoisotopic (exact) mass is 312 g/mol. The lowest BCUT2D eigenvalue weighted by Gasteiger charge is -1.84. The highest BCUT2D eigenvalue weighted by molar-refractivity contribution is 5.69. The molecule has 7 nitrogen and oxygen atoms in total. The first-order chi connectivity index (χ1) is 10.1. The molecule has 0 fully saturated rings. The van der Waals surface area contributed by atoms with E-state index >= 15 is 0 Å². The van der Waals surface area contributed by atoms with Crippen LogP contribution in [0.5, 0.6) is 0 Å². The fraction of sp³-hybridized carbons (Fsp3) is 0.533. The average molecular weight is 312 g/mol. The van der Waals surface area contributed by atoms with Gasteiger partial charge in [0.05, 0.1) is 12.1 Å². The maximum atomic E-state index is 9.50. The summed E-state index contributed by atoms with van der Waals surface area (Å²) in [4.78, 5) is 28.3. The second kappa shape index (κ2) is 23.4. The summed E-state index contributed by atoms with van der Waals surface area (Å²) in [5, 5.41) is 30.6. The summed E-state index contributed by atoms with van der Waals surface area (Å²) in [5.41, 5.74) is 0. The maximum absolute atomic E-state index is 9.50. The van der Waals surface area contributed by atoms with Crippen molar-refractivity contribution in [1.29, 1.82) is 10.5 Å². The Balaban J connectivity index is -0.0000000986. The Hall–Kier alpha value is -2.67. The van der Waals surface area contributed by atoms with Crippen molar-refractivity contribution in [2.24, 2.45) is 11.8 Å². The molecule has 0 aliphatic carbocycles. The number of hydrogen-bond acceptors (Lipinski definition) is 5. The van der Waals surface area contributed by atoms with Crippen molar-refractivity contribution in [2.75, 3.05) is 0 Å². The number of aliphatic carboxylic acids is 2. The van der Waals surface area contributed by atoms with Gasteiger partial charge in [-0.3, -0.25) is 9.59 Å². The van der Waals surface area contributed by atoms with Gasteiger partial charge in [-0.15, -0.1) is 6.58 Å². The van der Waals surface area contributed by atoms with Gasteiger partial charge >= 0.3 is 11.9 Å². The normalized spacial score (nSPS) is 7.45. The van der Waals surface area contributed by atoms with E-state index < -0.39 is 24.8 Å². The van der Waals surface area contributed by atoms with Gasteiger partial charge in [0.15, 0.2) is 0 Å². The molecule has 0 aromatic rings. The third kappa shape index (κ3) is 86.0. The SMILES string of the molecule is C=CC(C)C.CC(C)C=O.N#CCC(=O)O.N#CCC(=O)O. The van der Waals surface area contributed by atoms with Crippen LogP contribution in [0.25, 0.3) is 0 Å². The first-order valence-corrected chi connectivity index (χ1v) is 6.34. The molecule has 0 saturated heterocycles.